The van der Waals surface area contributed by atoms with Crippen molar-refractivity contribution in [2.45, 2.75) is 58.5 Å². The second-order valence-electron chi connectivity index (χ2n) is 4.82. The summed E-state index contributed by atoms with van der Waals surface area (Å²) < 4.78 is 0. The molecule has 1 aliphatic rings. The summed E-state index contributed by atoms with van der Waals surface area (Å²) in [6, 6.07) is 2.82. The van der Waals surface area contributed by atoms with Crippen LogP contribution in [0, 0.1) is 6.92 Å². The summed E-state index contributed by atoms with van der Waals surface area (Å²) >= 11 is 0. The van der Waals surface area contributed by atoms with Crippen LogP contribution in [0.4, 0.5) is 0 Å². The van der Waals surface area contributed by atoms with Gasteiger partial charge in [0.05, 0.1) is 5.69 Å². The number of hydrogen-bond donors (Lipinski definition) is 1. The molecule has 0 aromatic carbocycles. The van der Waals surface area contributed by atoms with Crippen LogP contribution in [0.25, 0.3) is 0 Å². The molecular weight excluding hydrogens is 198 g/mol. The lowest BCUT2D eigenvalue weighted by molar-refractivity contribution is 0.636. The maximum Gasteiger partial charge on any atom is 0.131 e. The predicted octanol–water partition coefficient (Wildman–Crippen LogP) is 2.55. The van der Waals surface area contributed by atoms with Crippen molar-refractivity contribution >= 4 is 0 Å². The van der Waals surface area contributed by atoms with Crippen molar-refractivity contribution in [3.63, 3.8) is 0 Å². The van der Waals surface area contributed by atoms with Crippen molar-refractivity contribution in [2.24, 2.45) is 0 Å². The highest BCUT2D eigenvalue weighted by atomic mass is 15.0. The van der Waals surface area contributed by atoms with Crippen LogP contribution < -0.4 is 5.32 Å². The van der Waals surface area contributed by atoms with Crippen molar-refractivity contribution in [3.8, 4) is 0 Å². The van der Waals surface area contributed by atoms with Gasteiger partial charge in [-0.1, -0.05) is 13.8 Å². The first-order valence-corrected chi connectivity index (χ1v) is 6.27. The maximum absolute atomic E-state index is 4.63. The fourth-order valence-corrected chi connectivity index (χ4v) is 1.69. The first-order chi connectivity index (χ1) is 7.69. The molecule has 16 heavy (non-hydrogen) atoms. The zero-order valence-electron chi connectivity index (χ0n) is 10.5. The van der Waals surface area contributed by atoms with Gasteiger partial charge in [-0.15, -0.1) is 0 Å². The molecule has 2 rings (SSSR count). The first kappa shape index (κ1) is 11.5. The second-order valence-corrected chi connectivity index (χ2v) is 4.82. The molecule has 0 saturated heterocycles. The first-order valence-electron chi connectivity index (χ1n) is 6.27. The Bertz CT molecular complexity index is 358. The standard InChI is InChI=1S/C13H21N3/c1-4-9(2)13-15-10(3)7-12(16-13)8-14-11-5-6-11/h7,9,11,14H,4-6,8H2,1-3H3. The van der Waals surface area contributed by atoms with Crippen LogP contribution in [0.1, 0.15) is 56.2 Å². The molecule has 3 nitrogen and oxygen atoms in total. The molecule has 1 aromatic rings. The lowest BCUT2D eigenvalue weighted by atomic mass is 10.1. The van der Waals surface area contributed by atoms with Crippen molar-refractivity contribution in [1.82, 2.24) is 15.3 Å². The molecule has 1 aromatic heterocycles. The summed E-state index contributed by atoms with van der Waals surface area (Å²) in [5.74, 6) is 1.45. The molecule has 1 N–H and O–H groups in total. The molecule has 0 aliphatic heterocycles. The molecule has 1 saturated carbocycles. The quantitative estimate of drug-likeness (QED) is 0.827. The van der Waals surface area contributed by atoms with Crippen LogP contribution >= 0.6 is 0 Å². The molecule has 1 fully saturated rings. The van der Waals surface area contributed by atoms with E-state index in [1.165, 1.54) is 12.8 Å². The van der Waals surface area contributed by atoms with Gasteiger partial charge in [0, 0.05) is 24.2 Å². The van der Waals surface area contributed by atoms with E-state index in [2.05, 4.69) is 35.2 Å². The minimum atomic E-state index is 0.458. The molecule has 0 spiro atoms. The van der Waals surface area contributed by atoms with Gasteiger partial charge in [0.2, 0.25) is 0 Å². The summed E-state index contributed by atoms with van der Waals surface area (Å²) in [6.07, 6.45) is 3.74. The van der Waals surface area contributed by atoms with Crippen LogP contribution in [0.15, 0.2) is 6.07 Å². The third kappa shape index (κ3) is 3.01. The summed E-state index contributed by atoms with van der Waals surface area (Å²) in [4.78, 5) is 9.14. The number of nitrogens with zero attached hydrogens (tertiary/aromatic N) is 2. The number of aryl methyl sites for hydroxylation is 1. The van der Waals surface area contributed by atoms with Gasteiger partial charge in [-0.05, 0) is 32.3 Å². The lowest BCUT2D eigenvalue weighted by Crippen LogP contribution is -2.17. The van der Waals surface area contributed by atoms with Gasteiger partial charge in [0.15, 0.2) is 0 Å². The Morgan fingerprint density at radius 1 is 1.44 bits per heavy atom. The zero-order chi connectivity index (χ0) is 11.5. The largest absolute Gasteiger partial charge is 0.308 e. The average Bonchev–Trinajstić information content (AvgIpc) is 3.08. The number of hydrogen-bond acceptors (Lipinski definition) is 3. The van der Waals surface area contributed by atoms with Crippen LogP contribution in [-0.4, -0.2) is 16.0 Å². The fraction of sp³-hybridized carbons (Fsp3) is 0.692. The Kier molecular flexibility index (Phi) is 3.54. The number of nitrogens with one attached hydrogen (secondary N) is 1. The number of rotatable bonds is 5. The molecule has 1 unspecified atom stereocenters. The highest BCUT2D eigenvalue weighted by molar-refractivity contribution is 5.12. The van der Waals surface area contributed by atoms with E-state index in [1.54, 1.807) is 0 Å². The van der Waals surface area contributed by atoms with Crippen molar-refractivity contribution < 1.29 is 0 Å². The molecule has 0 bridgehead atoms. The zero-order valence-corrected chi connectivity index (χ0v) is 10.5. The van der Waals surface area contributed by atoms with E-state index in [4.69, 9.17) is 0 Å². The predicted molar refractivity (Wildman–Crippen MR) is 65.3 cm³/mol. The highest BCUT2D eigenvalue weighted by Gasteiger charge is 2.20. The molecule has 0 amide bonds. The van der Waals surface area contributed by atoms with Gasteiger partial charge in [0.25, 0.3) is 0 Å². The minimum absolute atomic E-state index is 0.458. The van der Waals surface area contributed by atoms with E-state index in [0.717, 1.165) is 36.2 Å². The summed E-state index contributed by atoms with van der Waals surface area (Å²) in [6.45, 7) is 7.30. The summed E-state index contributed by atoms with van der Waals surface area (Å²) in [5.41, 5.74) is 2.22. The van der Waals surface area contributed by atoms with E-state index in [0.29, 0.717) is 5.92 Å². The van der Waals surface area contributed by atoms with Crippen LogP contribution in [0.2, 0.25) is 0 Å². The Balaban J connectivity index is 2.07. The topological polar surface area (TPSA) is 37.8 Å². The molecule has 1 heterocycles. The second kappa shape index (κ2) is 4.91. The minimum Gasteiger partial charge on any atom is -0.308 e. The van der Waals surface area contributed by atoms with Crippen LogP contribution in [0.3, 0.4) is 0 Å². The van der Waals surface area contributed by atoms with E-state index in [1.807, 2.05) is 6.92 Å². The van der Waals surface area contributed by atoms with Crippen molar-refractivity contribution in [2.75, 3.05) is 0 Å². The molecular formula is C13H21N3. The van der Waals surface area contributed by atoms with Gasteiger partial charge in [0.1, 0.15) is 5.82 Å². The molecule has 88 valence electrons. The summed E-state index contributed by atoms with van der Waals surface area (Å²) in [5, 5.41) is 3.49. The number of aromatic nitrogens is 2. The van der Waals surface area contributed by atoms with E-state index in [-0.39, 0.29) is 0 Å². The molecule has 0 radical (unpaired) electrons. The Morgan fingerprint density at radius 3 is 2.81 bits per heavy atom. The molecule has 3 heteroatoms. The molecule has 1 atom stereocenters. The van der Waals surface area contributed by atoms with Crippen molar-refractivity contribution in [1.29, 1.82) is 0 Å². The van der Waals surface area contributed by atoms with Gasteiger partial charge < -0.3 is 5.32 Å². The molecule has 1 aliphatic carbocycles. The van der Waals surface area contributed by atoms with E-state index < -0.39 is 0 Å². The van der Waals surface area contributed by atoms with E-state index >= 15 is 0 Å². The Hall–Kier alpha value is -0.960. The van der Waals surface area contributed by atoms with E-state index in [9.17, 15) is 0 Å². The monoisotopic (exact) mass is 219 g/mol. The average molecular weight is 219 g/mol. The van der Waals surface area contributed by atoms with Gasteiger partial charge in [-0.2, -0.15) is 0 Å². The summed E-state index contributed by atoms with van der Waals surface area (Å²) in [7, 11) is 0. The van der Waals surface area contributed by atoms with Crippen LogP contribution in [-0.2, 0) is 6.54 Å². The third-order valence-electron chi connectivity index (χ3n) is 3.13. The Labute approximate surface area is 97.7 Å². The highest BCUT2D eigenvalue weighted by Crippen LogP contribution is 2.20. The normalized spacial score (nSPS) is 17.4. The van der Waals surface area contributed by atoms with Gasteiger partial charge in [-0.25, -0.2) is 9.97 Å². The smallest absolute Gasteiger partial charge is 0.131 e. The third-order valence-corrected chi connectivity index (χ3v) is 3.13. The maximum atomic E-state index is 4.63. The van der Waals surface area contributed by atoms with Gasteiger partial charge in [-0.3, -0.25) is 0 Å². The SMILES string of the molecule is CCC(C)c1nc(C)cc(CNC2CC2)n1. The Morgan fingerprint density at radius 2 is 2.19 bits per heavy atom. The fourth-order valence-electron chi connectivity index (χ4n) is 1.69. The van der Waals surface area contributed by atoms with Gasteiger partial charge >= 0.3 is 0 Å². The lowest BCUT2D eigenvalue weighted by Gasteiger charge is -2.10. The van der Waals surface area contributed by atoms with Crippen molar-refractivity contribution in [3.05, 3.63) is 23.3 Å². The van der Waals surface area contributed by atoms with Crippen LogP contribution in [0.5, 0.6) is 0 Å².